The highest BCUT2D eigenvalue weighted by molar-refractivity contribution is 6.29. The van der Waals surface area contributed by atoms with Gasteiger partial charge in [0, 0.05) is 6.07 Å². The van der Waals surface area contributed by atoms with Crippen molar-refractivity contribution in [3.05, 3.63) is 28.8 Å². The summed E-state index contributed by atoms with van der Waals surface area (Å²) < 4.78 is 47.9. The van der Waals surface area contributed by atoms with Crippen molar-refractivity contribution in [2.24, 2.45) is 0 Å². The second-order valence-electron chi connectivity index (χ2n) is 2.00. The lowest BCUT2D eigenvalue weighted by Gasteiger charge is -2.05. The Labute approximate surface area is 70.0 Å². The maximum Gasteiger partial charge on any atom is 0.416 e. The maximum absolute atomic E-state index is 12.3. The topological polar surface area (TPSA) is 12.9 Å². The molecular formula is C6H2ClF4N. The first-order chi connectivity index (χ1) is 5.39. The van der Waals surface area contributed by atoms with Gasteiger partial charge < -0.3 is 0 Å². The van der Waals surface area contributed by atoms with E-state index in [1.54, 1.807) is 0 Å². The molecule has 0 amide bonds. The van der Waals surface area contributed by atoms with E-state index in [4.69, 9.17) is 11.6 Å². The predicted molar refractivity (Wildman–Crippen MR) is 34.2 cm³/mol. The van der Waals surface area contributed by atoms with Gasteiger partial charge in [-0.05, 0) is 6.07 Å². The number of halogens is 5. The molecule has 0 saturated heterocycles. The fourth-order valence-electron chi connectivity index (χ4n) is 0.629. The summed E-state index contributed by atoms with van der Waals surface area (Å²) in [6.07, 6.45) is -4.59. The molecule has 1 nitrogen and oxygen atoms in total. The van der Waals surface area contributed by atoms with Crippen LogP contribution in [-0.4, -0.2) is 4.98 Å². The summed E-state index contributed by atoms with van der Waals surface area (Å²) in [6.45, 7) is 0. The van der Waals surface area contributed by atoms with Crippen molar-refractivity contribution in [3.8, 4) is 0 Å². The minimum atomic E-state index is -4.59. The Balaban J connectivity index is 3.18. The van der Waals surface area contributed by atoms with Crippen molar-refractivity contribution >= 4 is 11.6 Å². The summed E-state index contributed by atoms with van der Waals surface area (Å²) in [7, 11) is 0. The molecule has 0 aliphatic carbocycles. The smallest absolute Gasteiger partial charge is 0.208 e. The van der Waals surface area contributed by atoms with E-state index in [1.165, 1.54) is 0 Å². The normalized spacial score (nSPS) is 11.8. The molecule has 1 aromatic rings. The molecule has 0 spiro atoms. The Kier molecular flexibility index (Phi) is 2.23. The lowest BCUT2D eigenvalue weighted by molar-refractivity contribution is -0.137. The maximum atomic E-state index is 12.3. The van der Waals surface area contributed by atoms with Gasteiger partial charge in [-0.2, -0.15) is 17.6 Å². The molecule has 1 aromatic heterocycles. The van der Waals surface area contributed by atoms with Gasteiger partial charge in [-0.1, -0.05) is 11.6 Å². The van der Waals surface area contributed by atoms with Gasteiger partial charge in [-0.3, -0.25) is 0 Å². The van der Waals surface area contributed by atoms with Gasteiger partial charge in [0.1, 0.15) is 5.15 Å². The molecule has 1 rings (SSSR count). The summed E-state index contributed by atoms with van der Waals surface area (Å²) in [4.78, 5) is 2.95. The van der Waals surface area contributed by atoms with E-state index < -0.39 is 22.8 Å². The molecular weight excluding hydrogens is 198 g/mol. The molecule has 0 atom stereocenters. The Morgan fingerprint density at radius 1 is 1.25 bits per heavy atom. The fraction of sp³-hybridized carbons (Fsp3) is 0.167. The van der Waals surface area contributed by atoms with Crippen LogP contribution in [0, 0.1) is 5.95 Å². The van der Waals surface area contributed by atoms with E-state index in [-0.39, 0.29) is 6.07 Å². The molecule has 12 heavy (non-hydrogen) atoms. The lowest BCUT2D eigenvalue weighted by atomic mass is 10.2. The second kappa shape index (κ2) is 2.90. The summed E-state index contributed by atoms with van der Waals surface area (Å²) >= 11 is 5.11. The monoisotopic (exact) mass is 199 g/mol. The van der Waals surface area contributed by atoms with E-state index >= 15 is 0 Å². The van der Waals surface area contributed by atoms with Crippen molar-refractivity contribution in [1.82, 2.24) is 4.98 Å². The summed E-state index contributed by atoms with van der Waals surface area (Å²) in [5, 5.41) is -0.512. The molecule has 0 radical (unpaired) electrons. The zero-order chi connectivity index (χ0) is 9.35. The molecule has 0 unspecified atom stereocenters. The third-order valence-corrected chi connectivity index (χ3v) is 1.28. The molecule has 0 N–H and O–H groups in total. The van der Waals surface area contributed by atoms with Crippen molar-refractivity contribution in [1.29, 1.82) is 0 Å². The zero-order valence-electron chi connectivity index (χ0n) is 5.49. The van der Waals surface area contributed by atoms with Gasteiger partial charge in [0.2, 0.25) is 5.95 Å². The lowest BCUT2D eigenvalue weighted by Crippen LogP contribution is -2.06. The minimum absolute atomic E-state index is 0.284. The molecule has 0 aliphatic rings. The van der Waals surface area contributed by atoms with Crippen LogP contribution in [-0.2, 0) is 6.18 Å². The molecule has 0 saturated carbocycles. The van der Waals surface area contributed by atoms with Gasteiger partial charge in [0.25, 0.3) is 0 Å². The SMILES string of the molecule is Fc1cc(C(F)(F)F)cc(Cl)n1. The molecule has 0 aromatic carbocycles. The highest BCUT2D eigenvalue weighted by Gasteiger charge is 2.31. The molecule has 0 aliphatic heterocycles. The van der Waals surface area contributed by atoms with Gasteiger partial charge in [-0.15, -0.1) is 0 Å². The number of pyridine rings is 1. The van der Waals surface area contributed by atoms with Crippen LogP contribution in [0.25, 0.3) is 0 Å². The van der Waals surface area contributed by atoms with Crippen molar-refractivity contribution < 1.29 is 17.6 Å². The van der Waals surface area contributed by atoms with Gasteiger partial charge >= 0.3 is 6.18 Å². The minimum Gasteiger partial charge on any atom is -0.208 e. The summed E-state index contributed by atoms with van der Waals surface area (Å²) in [6, 6.07) is 0.844. The first-order valence-electron chi connectivity index (χ1n) is 2.80. The van der Waals surface area contributed by atoms with Crippen LogP contribution in [0.1, 0.15) is 5.56 Å². The third-order valence-electron chi connectivity index (χ3n) is 1.09. The number of hydrogen-bond donors (Lipinski definition) is 0. The van der Waals surface area contributed by atoms with Gasteiger partial charge in [0.15, 0.2) is 0 Å². The van der Waals surface area contributed by atoms with Crippen LogP contribution < -0.4 is 0 Å². The van der Waals surface area contributed by atoms with Crippen LogP contribution >= 0.6 is 11.6 Å². The van der Waals surface area contributed by atoms with Crippen LogP contribution in [0.5, 0.6) is 0 Å². The number of nitrogens with zero attached hydrogens (tertiary/aromatic N) is 1. The Bertz CT molecular complexity index is 276. The largest absolute Gasteiger partial charge is 0.416 e. The van der Waals surface area contributed by atoms with E-state index in [9.17, 15) is 17.6 Å². The van der Waals surface area contributed by atoms with Crippen molar-refractivity contribution in [2.45, 2.75) is 6.18 Å². The number of alkyl halides is 3. The fourth-order valence-corrected chi connectivity index (χ4v) is 0.827. The predicted octanol–water partition coefficient (Wildman–Crippen LogP) is 2.89. The van der Waals surface area contributed by atoms with Crippen LogP contribution in [0.2, 0.25) is 5.15 Å². The van der Waals surface area contributed by atoms with Gasteiger partial charge in [-0.25, -0.2) is 4.98 Å². The molecule has 6 heteroatoms. The number of rotatable bonds is 0. The van der Waals surface area contributed by atoms with Crippen molar-refractivity contribution in [3.63, 3.8) is 0 Å². The summed E-state index contributed by atoms with van der Waals surface area (Å²) in [5.41, 5.74) is -1.14. The molecule has 66 valence electrons. The highest BCUT2D eigenvalue weighted by atomic mass is 35.5. The Hall–Kier alpha value is -0.840. The number of hydrogen-bond acceptors (Lipinski definition) is 1. The molecule has 0 fully saturated rings. The van der Waals surface area contributed by atoms with Crippen LogP contribution in [0.15, 0.2) is 12.1 Å². The van der Waals surface area contributed by atoms with E-state index in [0.717, 1.165) is 0 Å². The van der Waals surface area contributed by atoms with Crippen LogP contribution in [0.4, 0.5) is 17.6 Å². The molecule has 1 heterocycles. The van der Waals surface area contributed by atoms with E-state index in [2.05, 4.69) is 4.98 Å². The van der Waals surface area contributed by atoms with E-state index in [1.807, 2.05) is 0 Å². The number of aromatic nitrogens is 1. The zero-order valence-corrected chi connectivity index (χ0v) is 6.25. The molecule has 0 bridgehead atoms. The summed E-state index contributed by atoms with van der Waals surface area (Å²) in [5.74, 6) is -1.24. The second-order valence-corrected chi connectivity index (χ2v) is 2.39. The Morgan fingerprint density at radius 2 is 1.83 bits per heavy atom. The first kappa shape index (κ1) is 9.25. The average molecular weight is 200 g/mol. The van der Waals surface area contributed by atoms with E-state index in [0.29, 0.717) is 6.07 Å². The highest BCUT2D eigenvalue weighted by Crippen LogP contribution is 2.30. The third kappa shape index (κ3) is 2.07. The first-order valence-corrected chi connectivity index (χ1v) is 3.17. The average Bonchev–Trinajstić information content (AvgIpc) is 1.82. The van der Waals surface area contributed by atoms with Crippen molar-refractivity contribution in [2.75, 3.05) is 0 Å². The van der Waals surface area contributed by atoms with Gasteiger partial charge in [0.05, 0.1) is 5.56 Å². The quantitative estimate of drug-likeness (QED) is 0.463. The standard InChI is InChI=1S/C6H2ClF4N/c7-4-1-3(6(9,10)11)2-5(8)12-4/h1-2H. The van der Waals surface area contributed by atoms with Crippen LogP contribution in [0.3, 0.4) is 0 Å². The Morgan fingerprint density at radius 3 is 2.25 bits per heavy atom.